The van der Waals surface area contributed by atoms with Gasteiger partial charge < -0.3 is 34.9 Å². The van der Waals surface area contributed by atoms with E-state index in [0.717, 1.165) is 0 Å². The molecule has 204 valence electrons. The minimum Gasteiger partial charge on any atom is -0.467 e. The van der Waals surface area contributed by atoms with Gasteiger partial charge in [0, 0.05) is 43.1 Å². The predicted molar refractivity (Wildman–Crippen MR) is 143 cm³/mol. The lowest BCUT2D eigenvalue weighted by atomic mass is 9.97. The summed E-state index contributed by atoms with van der Waals surface area (Å²) >= 11 is 0. The number of amides is 2. The van der Waals surface area contributed by atoms with Crippen molar-refractivity contribution in [3.05, 3.63) is 84.1 Å². The van der Waals surface area contributed by atoms with Gasteiger partial charge in [-0.2, -0.15) is 5.26 Å². The summed E-state index contributed by atoms with van der Waals surface area (Å²) in [6.45, 7) is 0.356. The van der Waals surface area contributed by atoms with Gasteiger partial charge in [0.15, 0.2) is 18.4 Å². The molecule has 4 N–H and O–H groups in total. The second-order valence-electron chi connectivity index (χ2n) is 8.25. The molecule has 0 aliphatic heterocycles. The van der Waals surface area contributed by atoms with Crippen molar-refractivity contribution in [3.8, 4) is 34.2 Å². The molecule has 0 saturated carbocycles. The maximum atomic E-state index is 14.1. The van der Waals surface area contributed by atoms with E-state index < -0.39 is 17.8 Å². The zero-order valence-corrected chi connectivity index (χ0v) is 21.2. The number of carbonyl (C=O) groups excluding carboxylic acids is 1. The largest absolute Gasteiger partial charge is 0.467 e. The van der Waals surface area contributed by atoms with Gasteiger partial charge in [-0.05, 0) is 48.0 Å². The Bertz CT molecular complexity index is 1550. The molecular formula is C28H24FN5O6. The first-order chi connectivity index (χ1) is 19.4. The zero-order chi connectivity index (χ0) is 28.5. The Morgan fingerprint density at radius 2 is 1.95 bits per heavy atom. The number of hydrogen-bond donors (Lipinski definition) is 4. The molecule has 12 heteroatoms. The number of ether oxygens (including phenoxy) is 2. The van der Waals surface area contributed by atoms with Gasteiger partial charge in [-0.1, -0.05) is 12.1 Å². The summed E-state index contributed by atoms with van der Waals surface area (Å²) in [4.78, 5) is 28.1. The molecule has 40 heavy (non-hydrogen) atoms. The molecule has 0 aliphatic rings. The first-order valence-corrected chi connectivity index (χ1v) is 11.9. The maximum Gasteiger partial charge on any atom is 0.404 e. The van der Waals surface area contributed by atoms with Crippen LogP contribution in [0.25, 0.3) is 22.4 Å². The normalized spacial score (nSPS) is 10.4. The number of rotatable bonds is 11. The van der Waals surface area contributed by atoms with Crippen LogP contribution in [0, 0.1) is 17.1 Å². The highest BCUT2D eigenvalue weighted by atomic mass is 19.1. The molecule has 11 nitrogen and oxygen atoms in total. The van der Waals surface area contributed by atoms with Gasteiger partial charge in [0.25, 0.3) is 5.91 Å². The standard InChI is InChI=1S/C28H24FN5O6/c1-38-16-40-25-13-18(29)7-8-20(25)23-14-21(17-4-2-5-19(12-17)31-9-10-32-28(36)37)22(15-30)26(33-23)34-27(35)24-6-3-11-39-24/h2-8,11-14,31-32H,9-10,16H2,1H3,(H,36,37)(H,33,34,35). The fourth-order valence-electron chi connectivity index (χ4n) is 3.81. The molecule has 0 unspecified atom stereocenters. The number of carboxylic acid groups (broad SMARTS) is 1. The fraction of sp³-hybridized carbons (Fsp3) is 0.143. The molecule has 2 aromatic heterocycles. The number of nitrogens with one attached hydrogen (secondary N) is 3. The van der Waals surface area contributed by atoms with Crippen molar-refractivity contribution < 1.29 is 33.0 Å². The number of aromatic nitrogens is 1. The summed E-state index contributed by atoms with van der Waals surface area (Å²) in [6, 6.07) is 17.8. The van der Waals surface area contributed by atoms with E-state index in [-0.39, 0.29) is 36.2 Å². The van der Waals surface area contributed by atoms with Crippen LogP contribution in [0.2, 0.25) is 0 Å². The monoisotopic (exact) mass is 545 g/mol. The highest BCUT2D eigenvalue weighted by Crippen LogP contribution is 2.37. The lowest BCUT2D eigenvalue weighted by Gasteiger charge is -2.16. The summed E-state index contributed by atoms with van der Waals surface area (Å²) < 4.78 is 29.8. The minimum atomic E-state index is -1.13. The van der Waals surface area contributed by atoms with Gasteiger partial charge in [-0.25, -0.2) is 14.2 Å². The molecule has 0 spiro atoms. The summed E-state index contributed by atoms with van der Waals surface area (Å²) in [5, 5.41) is 26.9. The second kappa shape index (κ2) is 12.9. The number of hydrogen-bond acceptors (Lipinski definition) is 8. The molecule has 2 heterocycles. The summed E-state index contributed by atoms with van der Waals surface area (Å²) in [5.41, 5.74) is 2.46. The highest BCUT2D eigenvalue weighted by molar-refractivity contribution is 6.03. The number of carbonyl (C=O) groups is 2. The van der Waals surface area contributed by atoms with Crippen molar-refractivity contribution in [2.75, 3.05) is 37.6 Å². The van der Waals surface area contributed by atoms with E-state index >= 15 is 0 Å². The highest BCUT2D eigenvalue weighted by Gasteiger charge is 2.21. The van der Waals surface area contributed by atoms with Crippen LogP contribution >= 0.6 is 0 Å². The lowest BCUT2D eigenvalue weighted by molar-refractivity contribution is 0.0513. The van der Waals surface area contributed by atoms with E-state index in [2.05, 4.69) is 27.0 Å². The van der Waals surface area contributed by atoms with Gasteiger partial charge >= 0.3 is 6.09 Å². The molecule has 2 amide bonds. The van der Waals surface area contributed by atoms with Crippen molar-refractivity contribution in [3.63, 3.8) is 0 Å². The van der Waals surface area contributed by atoms with E-state index in [9.17, 15) is 19.2 Å². The van der Waals surface area contributed by atoms with Crippen LogP contribution in [0.1, 0.15) is 16.1 Å². The molecule has 0 aliphatic carbocycles. The third kappa shape index (κ3) is 6.72. The Morgan fingerprint density at radius 3 is 2.67 bits per heavy atom. The Kier molecular flexibility index (Phi) is 8.91. The predicted octanol–water partition coefficient (Wildman–Crippen LogP) is 4.93. The Hall–Kier alpha value is -5.41. The molecule has 2 aromatic carbocycles. The maximum absolute atomic E-state index is 14.1. The smallest absolute Gasteiger partial charge is 0.404 e. The Balaban J connectivity index is 1.81. The van der Waals surface area contributed by atoms with Crippen LogP contribution in [0.15, 0.2) is 71.3 Å². The van der Waals surface area contributed by atoms with E-state index in [4.69, 9.17) is 19.0 Å². The summed E-state index contributed by atoms with van der Waals surface area (Å²) in [6.07, 6.45) is 0.218. The SMILES string of the molecule is COCOc1cc(F)ccc1-c1cc(-c2cccc(NCCNC(=O)O)c2)c(C#N)c(NC(=O)c2ccco2)n1. The minimum absolute atomic E-state index is 0.0182. The molecule has 0 bridgehead atoms. The van der Waals surface area contributed by atoms with Crippen LogP contribution < -0.4 is 20.7 Å². The molecule has 0 fully saturated rings. The lowest BCUT2D eigenvalue weighted by Crippen LogP contribution is -2.26. The summed E-state index contributed by atoms with van der Waals surface area (Å²) in [7, 11) is 1.43. The van der Waals surface area contributed by atoms with Crippen molar-refractivity contribution in [1.82, 2.24) is 10.3 Å². The molecule has 0 atom stereocenters. The van der Waals surface area contributed by atoms with Crippen molar-refractivity contribution >= 4 is 23.5 Å². The molecule has 0 radical (unpaired) electrons. The van der Waals surface area contributed by atoms with Crippen LogP contribution in [-0.4, -0.2) is 49.1 Å². The average molecular weight is 546 g/mol. The van der Waals surface area contributed by atoms with Gasteiger partial charge in [0.05, 0.1) is 12.0 Å². The van der Waals surface area contributed by atoms with Gasteiger partial charge in [-0.3, -0.25) is 4.79 Å². The van der Waals surface area contributed by atoms with Crippen LogP contribution in [-0.2, 0) is 4.74 Å². The number of anilines is 2. The molecule has 4 aromatic rings. The number of methoxy groups -OCH3 is 1. The van der Waals surface area contributed by atoms with Gasteiger partial charge in [0.1, 0.15) is 23.2 Å². The number of benzene rings is 2. The average Bonchev–Trinajstić information content (AvgIpc) is 3.49. The second-order valence-corrected chi connectivity index (χ2v) is 8.25. The van der Waals surface area contributed by atoms with Crippen LogP contribution in [0.4, 0.5) is 20.7 Å². The zero-order valence-electron chi connectivity index (χ0n) is 21.2. The van der Waals surface area contributed by atoms with Gasteiger partial charge in [-0.15, -0.1) is 0 Å². The summed E-state index contributed by atoms with van der Waals surface area (Å²) in [5.74, 6) is -1.03. The first kappa shape index (κ1) is 27.6. The molecule has 0 saturated heterocycles. The third-order valence-electron chi connectivity index (χ3n) is 5.56. The van der Waals surface area contributed by atoms with Crippen LogP contribution in [0.3, 0.4) is 0 Å². The van der Waals surface area contributed by atoms with Crippen LogP contribution in [0.5, 0.6) is 5.75 Å². The van der Waals surface area contributed by atoms with Crippen molar-refractivity contribution in [2.45, 2.75) is 0 Å². The number of nitriles is 1. The number of pyridine rings is 1. The van der Waals surface area contributed by atoms with E-state index in [1.807, 2.05) is 0 Å². The molecular weight excluding hydrogens is 521 g/mol. The first-order valence-electron chi connectivity index (χ1n) is 11.9. The third-order valence-corrected chi connectivity index (χ3v) is 5.56. The number of furan rings is 1. The van der Waals surface area contributed by atoms with Crippen molar-refractivity contribution in [2.24, 2.45) is 0 Å². The van der Waals surface area contributed by atoms with E-state index in [0.29, 0.717) is 34.6 Å². The Labute approximate surface area is 228 Å². The Morgan fingerprint density at radius 1 is 1.10 bits per heavy atom. The fourth-order valence-corrected chi connectivity index (χ4v) is 3.81. The number of halogens is 1. The quantitative estimate of drug-likeness (QED) is 0.151. The van der Waals surface area contributed by atoms with Crippen molar-refractivity contribution in [1.29, 1.82) is 5.26 Å². The molecule has 4 rings (SSSR count). The van der Waals surface area contributed by atoms with E-state index in [1.54, 1.807) is 36.4 Å². The van der Waals surface area contributed by atoms with E-state index in [1.165, 1.54) is 37.6 Å². The van der Waals surface area contributed by atoms with Gasteiger partial charge in [0.2, 0.25) is 0 Å². The topological polar surface area (TPSA) is 159 Å². The number of nitrogens with zero attached hydrogens (tertiary/aromatic N) is 2.